The molecule has 102 valence electrons. The molecule has 1 unspecified atom stereocenters. The van der Waals surface area contributed by atoms with E-state index in [4.69, 9.17) is 5.11 Å². The van der Waals surface area contributed by atoms with Crippen LogP contribution in [0, 0.1) is 0 Å². The summed E-state index contributed by atoms with van der Waals surface area (Å²) in [6.07, 6.45) is 4.79. The average Bonchev–Trinajstić information content (AvgIpc) is 2.69. The maximum Gasteiger partial charge on any atom is 0.303 e. The van der Waals surface area contributed by atoms with Crippen molar-refractivity contribution in [1.29, 1.82) is 0 Å². The van der Waals surface area contributed by atoms with Gasteiger partial charge in [-0.15, -0.1) is 0 Å². The molecule has 0 fully saturated rings. The monoisotopic (exact) mass is 253 g/mol. The maximum atomic E-state index is 10.6. The molecule has 0 amide bonds. The van der Waals surface area contributed by atoms with Crippen LogP contribution < -0.4 is 0 Å². The van der Waals surface area contributed by atoms with Gasteiger partial charge in [0.1, 0.15) is 0 Å². The molecule has 0 saturated carbocycles. The second-order valence-electron chi connectivity index (χ2n) is 4.95. The Hall–Kier alpha value is -1.36. The van der Waals surface area contributed by atoms with Gasteiger partial charge in [0.05, 0.1) is 6.20 Å². The van der Waals surface area contributed by atoms with E-state index in [1.165, 1.54) is 5.56 Å². The van der Waals surface area contributed by atoms with Crippen molar-refractivity contribution in [2.75, 3.05) is 6.54 Å². The van der Waals surface area contributed by atoms with Gasteiger partial charge in [-0.2, -0.15) is 5.10 Å². The number of hydrogen-bond donors (Lipinski definition) is 1. The summed E-state index contributed by atoms with van der Waals surface area (Å²) < 4.78 is 1.79. The predicted molar refractivity (Wildman–Crippen MR) is 70.3 cm³/mol. The van der Waals surface area contributed by atoms with E-state index in [9.17, 15) is 4.79 Å². The molecule has 0 saturated heterocycles. The van der Waals surface area contributed by atoms with Crippen LogP contribution in [0.5, 0.6) is 0 Å². The predicted octanol–water partition coefficient (Wildman–Crippen LogP) is 2.06. The van der Waals surface area contributed by atoms with Crippen molar-refractivity contribution in [3.63, 3.8) is 0 Å². The Morgan fingerprint density at radius 3 is 2.61 bits per heavy atom. The standard InChI is InChI=1S/C13H23N3O2/c1-10(2)16(7-5-6-13(17)18)11(3)12-8-14-15(4)9-12/h8-11H,5-7H2,1-4H3,(H,17,18). The Morgan fingerprint density at radius 2 is 2.17 bits per heavy atom. The third-order valence-electron chi connectivity index (χ3n) is 3.17. The molecule has 0 aliphatic rings. The third-order valence-corrected chi connectivity index (χ3v) is 3.17. The number of carbonyl (C=O) groups is 1. The van der Waals surface area contributed by atoms with Crippen LogP contribution in [-0.2, 0) is 11.8 Å². The first-order valence-electron chi connectivity index (χ1n) is 6.38. The first kappa shape index (κ1) is 14.7. The van der Waals surface area contributed by atoms with Gasteiger partial charge in [-0.05, 0) is 33.7 Å². The van der Waals surface area contributed by atoms with Gasteiger partial charge < -0.3 is 5.11 Å². The topological polar surface area (TPSA) is 58.4 Å². The second kappa shape index (κ2) is 6.54. The van der Waals surface area contributed by atoms with E-state index in [2.05, 4.69) is 30.8 Å². The van der Waals surface area contributed by atoms with E-state index in [0.717, 1.165) is 6.54 Å². The van der Waals surface area contributed by atoms with Crippen molar-refractivity contribution in [3.05, 3.63) is 18.0 Å². The lowest BCUT2D eigenvalue weighted by molar-refractivity contribution is -0.137. The molecule has 0 aliphatic carbocycles. The lowest BCUT2D eigenvalue weighted by Gasteiger charge is -2.32. The summed E-state index contributed by atoms with van der Waals surface area (Å²) in [4.78, 5) is 12.9. The van der Waals surface area contributed by atoms with E-state index in [1.807, 2.05) is 19.4 Å². The van der Waals surface area contributed by atoms with Gasteiger partial charge in [0.15, 0.2) is 0 Å². The van der Waals surface area contributed by atoms with E-state index < -0.39 is 5.97 Å². The fourth-order valence-corrected chi connectivity index (χ4v) is 2.16. The first-order valence-corrected chi connectivity index (χ1v) is 6.38. The molecule has 0 bridgehead atoms. The summed E-state index contributed by atoms with van der Waals surface area (Å²) in [5, 5.41) is 12.9. The van der Waals surface area contributed by atoms with Crippen molar-refractivity contribution >= 4 is 5.97 Å². The quantitative estimate of drug-likeness (QED) is 0.808. The summed E-state index contributed by atoms with van der Waals surface area (Å²) in [5.74, 6) is -0.729. The molecule has 0 spiro atoms. The minimum atomic E-state index is -0.729. The second-order valence-corrected chi connectivity index (χ2v) is 4.95. The van der Waals surface area contributed by atoms with E-state index in [1.54, 1.807) is 4.68 Å². The number of aryl methyl sites for hydroxylation is 1. The average molecular weight is 253 g/mol. The van der Waals surface area contributed by atoms with Crippen LogP contribution in [0.4, 0.5) is 0 Å². The molecule has 1 atom stereocenters. The Morgan fingerprint density at radius 1 is 1.50 bits per heavy atom. The van der Waals surface area contributed by atoms with Crippen molar-refractivity contribution < 1.29 is 9.90 Å². The highest BCUT2D eigenvalue weighted by Gasteiger charge is 2.19. The molecule has 0 aromatic carbocycles. The molecule has 1 aromatic rings. The number of carboxylic acid groups (broad SMARTS) is 1. The van der Waals surface area contributed by atoms with Crippen molar-refractivity contribution in [2.24, 2.45) is 7.05 Å². The largest absolute Gasteiger partial charge is 0.481 e. The summed E-state index contributed by atoms with van der Waals surface area (Å²) in [6, 6.07) is 0.640. The van der Waals surface area contributed by atoms with Crippen LogP contribution in [0.2, 0.25) is 0 Å². The summed E-state index contributed by atoms with van der Waals surface area (Å²) >= 11 is 0. The summed E-state index contributed by atoms with van der Waals surface area (Å²) in [7, 11) is 1.90. The molecule has 1 rings (SSSR count). The Labute approximate surface area is 108 Å². The van der Waals surface area contributed by atoms with Crippen LogP contribution >= 0.6 is 0 Å². The molecule has 18 heavy (non-hydrogen) atoms. The summed E-state index contributed by atoms with van der Waals surface area (Å²) in [6.45, 7) is 7.19. The zero-order valence-electron chi connectivity index (χ0n) is 11.6. The highest BCUT2D eigenvalue weighted by atomic mass is 16.4. The number of aromatic nitrogens is 2. The van der Waals surface area contributed by atoms with Crippen molar-refractivity contribution in [1.82, 2.24) is 14.7 Å². The van der Waals surface area contributed by atoms with Crippen LogP contribution in [0.3, 0.4) is 0 Å². The zero-order valence-corrected chi connectivity index (χ0v) is 11.6. The van der Waals surface area contributed by atoms with Gasteiger partial charge in [0.2, 0.25) is 0 Å². The molecular formula is C13H23N3O2. The maximum absolute atomic E-state index is 10.6. The van der Waals surface area contributed by atoms with E-state index >= 15 is 0 Å². The molecule has 5 nitrogen and oxygen atoms in total. The fourth-order valence-electron chi connectivity index (χ4n) is 2.16. The SMILES string of the molecule is CC(C)N(CCCC(=O)O)C(C)c1cnn(C)c1. The van der Waals surface area contributed by atoms with E-state index in [0.29, 0.717) is 12.5 Å². The Balaban J connectivity index is 2.63. The van der Waals surface area contributed by atoms with Gasteiger partial charge in [0, 0.05) is 37.3 Å². The van der Waals surface area contributed by atoms with Gasteiger partial charge in [-0.1, -0.05) is 0 Å². The Bertz CT molecular complexity index is 387. The lowest BCUT2D eigenvalue weighted by atomic mass is 10.1. The van der Waals surface area contributed by atoms with Crippen LogP contribution in [-0.4, -0.2) is 38.3 Å². The van der Waals surface area contributed by atoms with Crippen molar-refractivity contribution in [3.8, 4) is 0 Å². The highest BCUT2D eigenvalue weighted by molar-refractivity contribution is 5.66. The normalized spacial score (nSPS) is 13.2. The molecule has 1 aromatic heterocycles. The third kappa shape index (κ3) is 4.14. The highest BCUT2D eigenvalue weighted by Crippen LogP contribution is 2.22. The van der Waals surface area contributed by atoms with Gasteiger partial charge in [-0.25, -0.2) is 0 Å². The van der Waals surface area contributed by atoms with Crippen LogP contribution in [0.25, 0.3) is 0 Å². The number of aliphatic carboxylic acids is 1. The lowest BCUT2D eigenvalue weighted by Crippen LogP contribution is -2.34. The number of nitrogens with zero attached hydrogens (tertiary/aromatic N) is 3. The first-order chi connectivity index (χ1) is 8.41. The zero-order chi connectivity index (χ0) is 13.7. The smallest absolute Gasteiger partial charge is 0.303 e. The van der Waals surface area contributed by atoms with Crippen molar-refractivity contribution in [2.45, 2.75) is 45.7 Å². The minimum Gasteiger partial charge on any atom is -0.481 e. The van der Waals surface area contributed by atoms with Gasteiger partial charge >= 0.3 is 5.97 Å². The molecule has 0 aliphatic heterocycles. The van der Waals surface area contributed by atoms with Gasteiger partial charge in [0.25, 0.3) is 0 Å². The fraction of sp³-hybridized carbons (Fsp3) is 0.692. The molecule has 0 radical (unpaired) electrons. The number of rotatable bonds is 7. The molecular weight excluding hydrogens is 230 g/mol. The minimum absolute atomic E-state index is 0.225. The van der Waals surface area contributed by atoms with Gasteiger partial charge in [-0.3, -0.25) is 14.4 Å². The Kier molecular flexibility index (Phi) is 5.34. The van der Waals surface area contributed by atoms with Crippen LogP contribution in [0.1, 0.15) is 45.2 Å². The number of hydrogen-bond acceptors (Lipinski definition) is 3. The molecule has 1 N–H and O–H groups in total. The van der Waals surface area contributed by atoms with E-state index in [-0.39, 0.29) is 12.5 Å². The number of carboxylic acids is 1. The summed E-state index contributed by atoms with van der Waals surface area (Å²) in [5.41, 5.74) is 1.17. The molecule has 1 heterocycles. The van der Waals surface area contributed by atoms with Crippen LogP contribution in [0.15, 0.2) is 12.4 Å². The molecule has 5 heteroatoms.